The van der Waals surface area contributed by atoms with Crippen LogP contribution in [0.1, 0.15) is 45.9 Å². The standard InChI is InChI=1S/C17H22ClF3N2O3S/c1-9(2)15(23-27(24)14(3,4)5)7-25-12-10(15)6-11(22-13(12)18)16(8-26-16)17(19,20)21/h6,9,23H,7-8H2,1-5H3. The third kappa shape index (κ3) is 3.26. The summed E-state index contributed by atoms with van der Waals surface area (Å²) in [6.07, 6.45) is -4.61. The number of hydrogen-bond donors (Lipinski definition) is 1. The van der Waals surface area contributed by atoms with Crippen molar-refractivity contribution >= 4 is 22.6 Å². The van der Waals surface area contributed by atoms with Gasteiger partial charge in [-0.05, 0) is 32.8 Å². The zero-order valence-electron chi connectivity index (χ0n) is 15.7. The molecule has 2 aliphatic heterocycles. The summed E-state index contributed by atoms with van der Waals surface area (Å²) in [5.74, 6) is 0.0730. The molecule has 1 saturated heterocycles. The van der Waals surface area contributed by atoms with Crippen LogP contribution in [-0.4, -0.2) is 33.3 Å². The van der Waals surface area contributed by atoms with Gasteiger partial charge in [-0.2, -0.15) is 13.2 Å². The lowest BCUT2D eigenvalue weighted by Crippen LogP contribution is -2.52. The van der Waals surface area contributed by atoms with Crippen LogP contribution in [0.2, 0.25) is 5.15 Å². The molecular weight excluding hydrogens is 405 g/mol. The highest BCUT2D eigenvalue weighted by Crippen LogP contribution is 2.54. The van der Waals surface area contributed by atoms with Crippen LogP contribution in [0, 0.1) is 5.92 Å². The SMILES string of the molecule is CC(C)C1(NS(=O)C(C)(C)C)COc2c1cc(C1(C(F)(F)F)CO1)nc2Cl. The molecule has 0 amide bonds. The van der Waals surface area contributed by atoms with E-state index in [9.17, 15) is 17.4 Å². The van der Waals surface area contributed by atoms with Crippen LogP contribution < -0.4 is 9.46 Å². The van der Waals surface area contributed by atoms with E-state index < -0.39 is 39.7 Å². The van der Waals surface area contributed by atoms with E-state index in [1.165, 1.54) is 6.07 Å². The van der Waals surface area contributed by atoms with Gasteiger partial charge in [0.25, 0.3) is 0 Å². The average Bonchev–Trinajstić information content (AvgIpc) is 3.25. The Balaban J connectivity index is 2.13. The van der Waals surface area contributed by atoms with Gasteiger partial charge in [0.2, 0.25) is 5.60 Å². The molecule has 3 rings (SSSR count). The van der Waals surface area contributed by atoms with Crippen molar-refractivity contribution in [2.45, 2.75) is 56.7 Å². The monoisotopic (exact) mass is 426 g/mol. The van der Waals surface area contributed by atoms with Gasteiger partial charge in [-0.25, -0.2) is 13.9 Å². The number of epoxide rings is 1. The number of fused-ring (bicyclic) bond motifs is 1. The van der Waals surface area contributed by atoms with Crippen LogP contribution in [0.5, 0.6) is 5.75 Å². The molecule has 10 heteroatoms. The first-order chi connectivity index (χ1) is 12.2. The normalized spacial score (nSPS) is 28.8. The van der Waals surface area contributed by atoms with Crippen LogP contribution in [0.25, 0.3) is 0 Å². The Morgan fingerprint density at radius 3 is 2.33 bits per heavy atom. The number of pyridine rings is 1. The van der Waals surface area contributed by atoms with Crippen molar-refractivity contribution in [2.75, 3.05) is 13.2 Å². The highest BCUT2D eigenvalue weighted by Gasteiger charge is 2.68. The Hall–Kier alpha value is -0.900. The van der Waals surface area contributed by atoms with Crippen molar-refractivity contribution in [3.8, 4) is 5.75 Å². The summed E-state index contributed by atoms with van der Waals surface area (Å²) in [7, 11) is -1.48. The van der Waals surface area contributed by atoms with E-state index in [1.807, 2.05) is 34.6 Å². The number of ether oxygens (including phenoxy) is 2. The highest BCUT2D eigenvalue weighted by molar-refractivity contribution is 7.84. The van der Waals surface area contributed by atoms with Crippen LogP contribution in [0.3, 0.4) is 0 Å². The lowest BCUT2D eigenvalue weighted by Gasteiger charge is -2.35. The topological polar surface area (TPSA) is 63.8 Å². The molecule has 1 N–H and O–H groups in total. The summed E-state index contributed by atoms with van der Waals surface area (Å²) in [5.41, 5.74) is -3.29. The number of aromatic nitrogens is 1. The van der Waals surface area contributed by atoms with E-state index in [0.717, 1.165) is 0 Å². The largest absolute Gasteiger partial charge is 0.488 e. The molecule has 0 spiro atoms. The second kappa shape index (κ2) is 6.30. The third-order valence-corrected chi connectivity index (χ3v) is 6.90. The summed E-state index contributed by atoms with van der Waals surface area (Å²) in [5, 5.41) is -0.160. The number of halogens is 4. The summed E-state index contributed by atoms with van der Waals surface area (Å²) < 4.78 is 66.2. The van der Waals surface area contributed by atoms with Gasteiger partial charge < -0.3 is 9.47 Å². The van der Waals surface area contributed by atoms with E-state index in [0.29, 0.717) is 5.56 Å². The number of rotatable bonds is 4. The summed E-state index contributed by atoms with van der Waals surface area (Å²) in [6, 6.07) is 1.32. The predicted octanol–water partition coefficient (Wildman–Crippen LogP) is 3.82. The average molecular weight is 427 g/mol. The third-order valence-electron chi connectivity index (χ3n) is 4.98. The first-order valence-electron chi connectivity index (χ1n) is 8.49. The molecule has 27 heavy (non-hydrogen) atoms. The van der Waals surface area contributed by atoms with Crippen LogP contribution >= 0.6 is 11.6 Å². The van der Waals surface area contributed by atoms with E-state index in [-0.39, 0.29) is 29.1 Å². The van der Waals surface area contributed by atoms with Crippen LogP contribution in [-0.2, 0) is 26.9 Å². The molecule has 1 fully saturated rings. The maximum Gasteiger partial charge on any atom is 0.425 e. The van der Waals surface area contributed by atoms with Gasteiger partial charge in [0.05, 0.1) is 33.6 Å². The molecule has 0 bridgehead atoms. The fraction of sp³-hybridized carbons (Fsp3) is 0.706. The molecule has 152 valence electrons. The zero-order valence-corrected chi connectivity index (χ0v) is 17.2. The first-order valence-corrected chi connectivity index (χ1v) is 10.0. The Labute approximate surface area is 163 Å². The Morgan fingerprint density at radius 1 is 1.30 bits per heavy atom. The van der Waals surface area contributed by atoms with Gasteiger partial charge in [-0.1, -0.05) is 25.4 Å². The van der Waals surface area contributed by atoms with Crippen molar-refractivity contribution in [3.05, 3.63) is 22.5 Å². The van der Waals surface area contributed by atoms with Gasteiger partial charge in [-0.3, -0.25) is 0 Å². The zero-order chi connectivity index (χ0) is 20.4. The molecule has 5 nitrogen and oxygen atoms in total. The van der Waals surface area contributed by atoms with Gasteiger partial charge in [0.1, 0.15) is 6.61 Å². The fourth-order valence-corrected chi connectivity index (χ4v) is 4.26. The summed E-state index contributed by atoms with van der Waals surface area (Å²) in [6.45, 7) is 8.77. The van der Waals surface area contributed by atoms with Crippen LogP contribution in [0.15, 0.2) is 6.07 Å². The Bertz CT molecular complexity index is 791. The quantitative estimate of drug-likeness (QED) is 0.587. The van der Waals surface area contributed by atoms with E-state index in [1.54, 1.807) is 0 Å². The van der Waals surface area contributed by atoms with Gasteiger partial charge >= 0.3 is 6.18 Å². The smallest absolute Gasteiger partial charge is 0.425 e. The molecule has 1 aromatic heterocycles. The van der Waals surface area contributed by atoms with Crippen LogP contribution in [0.4, 0.5) is 13.2 Å². The van der Waals surface area contributed by atoms with Crippen molar-refractivity contribution in [1.29, 1.82) is 0 Å². The molecule has 3 atom stereocenters. The molecule has 0 radical (unpaired) electrons. The van der Waals surface area contributed by atoms with E-state index >= 15 is 0 Å². The molecular formula is C17H22ClF3N2O3S. The molecule has 0 aromatic carbocycles. The molecule has 3 heterocycles. The maximum atomic E-state index is 13.5. The van der Waals surface area contributed by atoms with E-state index in [4.69, 9.17) is 21.1 Å². The predicted molar refractivity (Wildman–Crippen MR) is 96.0 cm³/mol. The molecule has 0 aliphatic carbocycles. The number of nitrogens with zero attached hydrogens (tertiary/aromatic N) is 1. The number of alkyl halides is 3. The minimum atomic E-state index is -4.61. The second-order valence-electron chi connectivity index (χ2n) is 8.19. The molecule has 1 aromatic rings. The number of nitrogens with one attached hydrogen (secondary N) is 1. The molecule has 2 aliphatic rings. The van der Waals surface area contributed by atoms with Crippen molar-refractivity contribution in [1.82, 2.24) is 9.71 Å². The van der Waals surface area contributed by atoms with Gasteiger partial charge in [-0.15, -0.1) is 0 Å². The molecule has 3 unspecified atom stereocenters. The minimum absolute atomic E-state index is 0.0898. The fourth-order valence-electron chi connectivity index (χ4n) is 2.97. The second-order valence-corrected chi connectivity index (χ2v) is 10.5. The first kappa shape index (κ1) is 20.8. The van der Waals surface area contributed by atoms with Crippen molar-refractivity contribution < 1.29 is 26.9 Å². The maximum absolute atomic E-state index is 13.5. The lowest BCUT2D eigenvalue weighted by atomic mass is 9.82. The van der Waals surface area contributed by atoms with E-state index in [2.05, 4.69) is 9.71 Å². The highest BCUT2D eigenvalue weighted by atomic mass is 35.5. The minimum Gasteiger partial charge on any atom is -0.488 e. The Morgan fingerprint density at radius 2 is 1.89 bits per heavy atom. The van der Waals surface area contributed by atoms with Gasteiger partial charge in [0.15, 0.2) is 10.9 Å². The Kier molecular flexibility index (Phi) is 4.86. The number of hydrogen-bond acceptors (Lipinski definition) is 4. The lowest BCUT2D eigenvalue weighted by molar-refractivity contribution is -0.188. The molecule has 0 saturated carbocycles. The van der Waals surface area contributed by atoms with Crippen molar-refractivity contribution in [3.63, 3.8) is 0 Å². The summed E-state index contributed by atoms with van der Waals surface area (Å²) in [4.78, 5) is 3.89. The summed E-state index contributed by atoms with van der Waals surface area (Å²) >= 11 is 6.15. The van der Waals surface area contributed by atoms with Crippen molar-refractivity contribution in [2.24, 2.45) is 5.92 Å². The van der Waals surface area contributed by atoms with Gasteiger partial charge in [0, 0.05) is 5.56 Å².